The van der Waals surface area contributed by atoms with E-state index in [1.807, 2.05) is 13.1 Å². The SMILES string of the molecule is CN(CCCN)CCCNC(=O)C(=O)NCc1cc(F)cc(N2CCN(C)CC2)c1. The highest BCUT2D eigenvalue weighted by atomic mass is 19.1. The van der Waals surface area contributed by atoms with E-state index in [1.165, 1.54) is 12.1 Å². The van der Waals surface area contributed by atoms with E-state index in [9.17, 15) is 14.0 Å². The molecule has 1 aliphatic rings. The van der Waals surface area contributed by atoms with E-state index in [2.05, 4.69) is 32.4 Å². The number of halogens is 1. The second kappa shape index (κ2) is 12.5. The van der Waals surface area contributed by atoms with Crippen molar-refractivity contribution in [3.8, 4) is 0 Å². The molecule has 1 aromatic carbocycles. The van der Waals surface area contributed by atoms with Gasteiger partial charge in [-0.05, 0) is 70.3 Å². The van der Waals surface area contributed by atoms with E-state index in [0.717, 1.165) is 57.8 Å². The Balaban J connectivity index is 1.75. The van der Waals surface area contributed by atoms with Crippen LogP contribution in [-0.4, -0.2) is 88.1 Å². The molecule has 0 aromatic heterocycles. The third-order valence-electron chi connectivity index (χ3n) is 5.22. The summed E-state index contributed by atoms with van der Waals surface area (Å²) in [5.41, 5.74) is 6.91. The highest BCUT2D eigenvalue weighted by Crippen LogP contribution is 2.20. The second-order valence-corrected chi connectivity index (χ2v) is 7.85. The summed E-state index contributed by atoms with van der Waals surface area (Å²) in [5.74, 6) is -1.73. The largest absolute Gasteiger partial charge is 0.369 e. The average molecular weight is 423 g/mol. The summed E-state index contributed by atoms with van der Waals surface area (Å²) in [6.07, 6.45) is 1.68. The average Bonchev–Trinajstić information content (AvgIpc) is 2.73. The molecule has 8 nitrogen and oxygen atoms in total. The summed E-state index contributed by atoms with van der Waals surface area (Å²) in [6, 6.07) is 4.76. The summed E-state index contributed by atoms with van der Waals surface area (Å²) in [4.78, 5) is 30.5. The number of hydrogen-bond acceptors (Lipinski definition) is 6. The minimum atomic E-state index is -0.711. The van der Waals surface area contributed by atoms with E-state index in [0.29, 0.717) is 18.7 Å². The number of rotatable bonds is 10. The van der Waals surface area contributed by atoms with Crippen LogP contribution in [0, 0.1) is 5.82 Å². The Morgan fingerprint density at radius 3 is 2.43 bits per heavy atom. The fraction of sp³-hybridized carbons (Fsp3) is 0.619. The number of likely N-dealkylation sites (N-methyl/N-ethyl adjacent to an activating group) is 1. The van der Waals surface area contributed by atoms with Crippen molar-refractivity contribution in [3.63, 3.8) is 0 Å². The molecule has 1 fully saturated rings. The Bertz CT molecular complexity index is 694. The number of benzene rings is 1. The van der Waals surface area contributed by atoms with E-state index < -0.39 is 11.8 Å². The van der Waals surface area contributed by atoms with Crippen molar-refractivity contribution < 1.29 is 14.0 Å². The first-order valence-electron chi connectivity index (χ1n) is 10.6. The highest BCUT2D eigenvalue weighted by Gasteiger charge is 2.17. The standard InChI is InChI=1S/C21H35FN6O2/c1-26(7-3-5-23)8-4-6-24-20(29)21(30)25-16-17-13-18(22)15-19(14-17)28-11-9-27(2)10-12-28/h13-15H,3-12,16,23H2,1-2H3,(H,24,29)(H,25,30). The van der Waals surface area contributed by atoms with Crippen LogP contribution in [0.2, 0.25) is 0 Å². The zero-order valence-electron chi connectivity index (χ0n) is 18.1. The fourth-order valence-corrected chi connectivity index (χ4v) is 3.35. The van der Waals surface area contributed by atoms with Gasteiger partial charge in [0, 0.05) is 45.0 Å². The first-order chi connectivity index (χ1) is 14.4. The monoisotopic (exact) mass is 422 g/mol. The van der Waals surface area contributed by atoms with Gasteiger partial charge in [0.05, 0.1) is 0 Å². The maximum absolute atomic E-state index is 14.1. The summed E-state index contributed by atoms with van der Waals surface area (Å²) in [7, 11) is 4.06. The molecule has 0 spiro atoms. The summed E-state index contributed by atoms with van der Waals surface area (Å²) < 4.78 is 14.1. The lowest BCUT2D eigenvalue weighted by Crippen LogP contribution is -2.44. The van der Waals surface area contributed by atoms with Gasteiger partial charge in [0.1, 0.15) is 5.82 Å². The van der Waals surface area contributed by atoms with Crippen LogP contribution in [0.3, 0.4) is 0 Å². The van der Waals surface area contributed by atoms with E-state index in [1.54, 1.807) is 0 Å². The van der Waals surface area contributed by atoms with Crippen LogP contribution in [0.5, 0.6) is 0 Å². The van der Waals surface area contributed by atoms with Gasteiger partial charge in [-0.25, -0.2) is 4.39 Å². The molecule has 168 valence electrons. The molecule has 2 rings (SSSR count). The molecule has 0 aliphatic carbocycles. The number of carbonyl (C=O) groups is 2. The first-order valence-corrected chi connectivity index (χ1v) is 10.6. The van der Waals surface area contributed by atoms with Crippen LogP contribution in [-0.2, 0) is 16.1 Å². The minimum Gasteiger partial charge on any atom is -0.369 e. The number of hydrogen-bond donors (Lipinski definition) is 3. The molecule has 1 saturated heterocycles. The summed E-state index contributed by atoms with van der Waals surface area (Å²) >= 11 is 0. The molecule has 30 heavy (non-hydrogen) atoms. The van der Waals surface area contributed by atoms with Crippen LogP contribution in [0.15, 0.2) is 18.2 Å². The Morgan fingerprint density at radius 2 is 1.73 bits per heavy atom. The molecule has 0 saturated carbocycles. The highest BCUT2D eigenvalue weighted by molar-refractivity contribution is 6.35. The molecule has 1 heterocycles. The molecule has 0 unspecified atom stereocenters. The maximum atomic E-state index is 14.1. The van der Waals surface area contributed by atoms with Gasteiger partial charge in [0.25, 0.3) is 0 Å². The number of anilines is 1. The summed E-state index contributed by atoms with van der Waals surface area (Å²) in [5, 5.41) is 5.19. The second-order valence-electron chi connectivity index (χ2n) is 7.85. The number of amides is 2. The van der Waals surface area contributed by atoms with E-state index >= 15 is 0 Å². The van der Waals surface area contributed by atoms with Gasteiger partial charge in [-0.1, -0.05) is 0 Å². The topological polar surface area (TPSA) is 93.9 Å². The zero-order chi connectivity index (χ0) is 21.9. The lowest BCUT2D eigenvalue weighted by atomic mass is 10.1. The number of carbonyl (C=O) groups excluding carboxylic acids is 2. The van der Waals surface area contributed by atoms with Crippen molar-refractivity contribution >= 4 is 17.5 Å². The lowest BCUT2D eigenvalue weighted by Gasteiger charge is -2.34. The summed E-state index contributed by atoms with van der Waals surface area (Å²) in [6.45, 7) is 6.42. The third kappa shape index (κ3) is 8.25. The van der Waals surface area contributed by atoms with Crippen LogP contribution in [0.4, 0.5) is 10.1 Å². The van der Waals surface area contributed by atoms with Gasteiger partial charge in [-0.3, -0.25) is 9.59 Å². The van der Waals surface area contributed by atoms with Crippen LogP contribution < -0.4 is 21.3 Å². The quantitative estimate of drug-likeness (QED) is 0.363. The Kier molecular flexibility index (Phi) is 9.99. The number of piperazine rings is 1. The molecule has 1 aromatic rings. The predicted octanol–water partition coefficient (Wildman–Crippen LogP) is -0.0194. The number of nitrogens with one attached hydrogen (secondary N) is 2. The molecule has 0 radical (unpaired) electrons. The van der Waals surface area contributed by atoms with Gasteiger partial charge in [-0.2, -0.15) is 0 Å². The molecule has 2 amide bonds. The molecule has 1 aliphatic heterocycles. The number of nitrogens with zero attached hydrogens (tertiary/aromatic N) is 3. The first kappa shape index (κ1) is 24.0. The lowest BCUT2D eigenvalue weighted by molar-refractivity contribution is -0.139. The molecule has 0 bridgehead atoms. The Morgan fingerprint density at radius 1 is 1.07 bits per heavy atom. The van der Waals surface area contributed by atoms with Crippen molar-refractivity contribution in [3.05, 3.63) is 29.6 Å². The van der Waals surface area contributed by atoms with Crippen molar-refractivity contribution in [2.75, 3.05) is 71.4 Å². The van der Waals surface area contributed by atoms with E-state index in [-0.39, 0.29) is 12.4 Å². The van der Waals surface area contributed by atoms with Gasteiger partial charge >= 0.3 is 11.8 Å². The van der Waals surface area contributed by atoms with Crippen LogP contribution >= 0.6 is 0 Å². The normalized spacial score (nSPS) is 14.8. The van der Waals surface area contributed by atoms with Crippen molar-refractivity contribution in [2.45, 2.75) is 19.4 Å². The Hall–Kier alpha value is -2.23. The van der Waals surface area contributed by atoms with Gasteiger partial charge in [-0.15, -0.1) is 0 Å². The Labute approximate surface area is 178 Å². The predicted molar refractivity (Wildman–Crippen MR) is 117 cm³/mol. The fourth-order valence-electron chi connectivity index (χ4n) is 3.35. The van der Waals surface area contributed by atoms with Crippen LogP contribution in [0.1, 0.15) is 18.4 Å². The van der Waals surface area contributed by atoms with Gasteiger partial charge < -0.3 is 31.1 Å². The third-order valence-corrected chi connectivity index (χ3v) is 5.22. The van der Waals surface area contributed by atoms with E-state index in [4.69, 9.17) is 5.73 Å². The van der Waals surface area contributed by atoms with Crippen molar-refractivity contribution in [1.29, 1.82) is 0 Å². The molecule has 0 atom stereocenters. The van der Waals surface area contributed by atoms with Gasteiger partial charge in [0.2, 0.25) is 0 Å². The number of nitrogens with two attached hydrogens (primary N) is 1. The molecule has 9 heteroatoms. The molecular formula is C21H35FN6O2. The smallest absolute Gasteiger partial charge is 0.309 e. The zero-order valence-corrected chi connectivity index (χ0v) is 18.1. The van der Waals surface area contributed by atoms with Crippen molar-refractivity contribution in [2.24, 2.45) is 5.73 Å². The van der Waals surface area contributed by atoms with Crippen LogP contribution in [0.25, 0.3) is 0 Å². The molecule has 4 N–H and O–H groups in total. The minimum absolute atomic E-state index is 0.104. The molecular weight excluding hydrogens is 387 g/mol. The van der Waals surface area contributed by atoms with Crippen molar-refractivity contribution in [1.82, 2.24) is 20.4 Å². The van der Waals surface area contributed by atoms with Gasteiger partial charge in [0.15, 0.2) is 0 Å². The maximum Gasteiger partial charge on any atom is 0.309 e.